The van der Waals surface area contributed by atoms with Gasteiger partial charge in [-0.1, -0.05) is 66.2 Å². The lowest BCUT2D eigenvalue weighted by Crippen LogP contribution is -2.20. The SMILES string of the molecule is Cc1ccc2c(c1)C(=O)c1ccccc1C2=O.O=c1c2ccccc2sc2ccccc12. The van der Waals surface area contributed by atoms with Crippen LogP contribution in [-0.2, 0) is 0 Å². The van der Waals surface area contributed by atoms with Gasteiger partial charge in [-0.25, -0.2) is 0 Å². The Balaban J connectivity index is 0.000000136. The normalized spacial score (nSPS) is 12.2. The zero-order chi connectivity index (χ0) is 22.2. The first-order valence-corrected chi connectivity index (χ1v) is 11.1. The first kappa shape index (κ1) is 20.0. The van der Waals surface area contributed by atoms with Gasteiger partial charge in [0.2, 0.25) is 0 Å². The van der Waals surface area contributed by atoms with E-state index in [9.17, 15) is 14.4 Å². The summed E-state index contributed by atoms with van der Waals surface area (Å²) in [4.78, 5) is 36.6. The Morgan fingerprint density at radius 2 is 1.00 bits per heavy atom. The van der Waals surface area contributed by atoms with Crippen molar-refractivity contribution in [2.45, 2.75) is 6.92 Å². The minimum absolute atomic E-state index is 0.0566. The van der Waals surface area contributed by atoms with Crippen LogP contribution >= 0.6 is 11.3 Å². The Kier molecular flexibility index (Phi) is 5.00. The molecule has 4 heteroatoms. The quantitative estimate of drug-likeness (QED) is 0.268. The highest BCUT2D eigenvalue weighted by Crippen LogP contribution is 2.27. The minimum atomic E-state index is -0.0600. The summed E-state index contributed by atoms with van der Waals surface area (Å²) in [7, 11) is 0. The zero-order valence-electron chi connectivity index (χ0n) is 17.3. The van der Waals surface area contributed by atoms with Gasteiger partial charge in [0.25, 0.3) is 0 Å². The van der Waals surface area contributed by atoms with E-state index < -0.39 is 0 Å². The number of ketones is 2. The second kappa shape index (κ2) is 7.98. The summed E-state index contributed by atoms with van der Waals surface area (Å²) >= 11 is 1.67. The summed E-state index contributed by atoms with van der Waals surface area (Å²) in [6.45, 7) is 1.92. The zero-order valence-corrected chi connectivity index (χ0v) is 18.1. The van der Waals surface area contributed by atoms with Gasteiger partial charge in [0, 0.05) is 42.4 Å². The molecule has 0 fully saturated rings. The molecular weight excluding hydrogens is 416 g/mol. The Morgan fingerprint density at radius 1 is 0.531 bits per heavy atom. The molecule has 32 heavy (non-hydrogen) atoms. The van der Waals surface area contributed by atoms with Crippen molar-refractivity contribution in [3.05, 3.63) is 129 Å². The molecule has 5 aromatic rings. The minimum Gasteiger partial charge on any atom is -0.289 e. The van der Waals surface area contributed by atoms with Crippen LogP contribution < -0.4 is 5.43 Å². The van der Waals surface area contributed by atoms with Crippen LogP contribution in [0.25, 0.3) is 20.2 Å². The number of carbonyl (C=O) groups excluding carboxylic acids is 2. The van der Waals surface area contributed by atoms with Crippen LogP contribution in [0, 0.1) is 6.92 Å². The third kappa shape index (κ3) is 3.35. The molecule has 6 rings (SSSR count). The largest absolute Gasteiger partial charge is 0.289 e. The lowest BCUT2D eigenvalue weighted by Gasteiger charge is -2.17. The van der Waals surface area contributed by atoms with Crippen molar-refractivity contribution in [1.29, 1.82) is 0 Å². The first-order valence-electron chi connectivity index (χ1n) is 10.2. The number of fused-ring (bicyclic) bond motifs is 4. The number of rotatable bonds is 0. The van der Waals surface area contributed by atoms with Gasteiger partial charge in [0.05, 0.1) is 0 Å². The van der Waals surface area contributed by atoms with E-state index in [1.807, 2.05) is 61.5 Å². The van der Waals surface area contributed by atoms with Crippen molar-refractivity contribution in [1.82, 2.24) is 0 Å². The maximum atomic E-state index is 12.3. The van der Waals surface area contributed by atoms with Gasteiger partial charge in [-0.3, -0.25) is 14.4 Å². The molecule has 0 saturated heterocycles. The summed E-state index contributed by atoms with van der Waals surface area (Å²) in [5.41, 5.74) is 3.18. The molecule has 0 atom stereocenters. The predicted octanol–water partition coefficient (Wildman–Crippen LogP) is 6.19. The van der Waals surface area contributed by atoms with Crippen molar-refractivity contribution < 1.29 is 9.59 Å². The van der Waals surface area contributed by atoms with Crippen molar-refractivity contribution in [2.24, 2.45) is 0 Å². The van der Waals surface area contributed by atoms with E-state index in [0.29, 0.717) is 22.3 Å². The fourth-order valence-corrected chi connectivity index (χ4v) is 5.03. The molecule has 1 aliphatic rings. The maximum Gasteiger partial charge on any atom is 0.195 e. The van der Waals surface area contributed by atoms with Crippen LogP contribution in [0.4, 0.5) is 0 Å². The van der Waals surface area contributed by atoms with E-state index >= 15 is 0 Å². The van der Waals surface area contributed by atoms with Gasteiger partial charge in [-0.15, -0.1) is 11.3 Å². The maximum absolute atomic E-state index is 12.3. The second-order valence-electron chi connectivity index (χ2n) is 7.68. The molecule has 0 radical (unpaired) electrons. The van der Waals surface area contributed by atoms with Gasteiger partial charge in [0.1, 0.15) is 0 Å². The molecule has 1 heterocycles. The molecule has 0 spiro atoms. The molecule has 4 aromatic carbocycles. The molecule has 154 valence electrons. The van der Waals surface area contributed by atoms with Gasteiger partial charge >= 0.3 is 0 Å². The smallest absolute Gasteiger partial charge is 0.195 e. The van der Waals surface area contributed by atoms with Crippen molar-refractivity contribution in [3.8, 4) is 0 Å². The molecule has 0 N–H and O–H groups in total. The first-order chi connectivity index (χ1) is 15.5. The van der Waals surface area contributed by atoms with Gasteiger partial charge in [0.15, 0.2) is 17.0 Å². The molecule has 0 unspecified atom stereocenters. The lowest BCUT2D eigenvalue weighted by molar-refractivity contribution is 0.0979. The molecule has 1 aliphatic carbocycles. The molecule has 3 nitrogen and oxygen atoms in total. The van der Waals surface area contributed by atoms with Crippen LogP contribution in [0.2, 0.25) is 0 Å². The monoisotopic (exact) mass is 434 g/mol. The van der Waals surface area contributed by atoms with E-state index in [0.717, 1.165) is 25.7 Å². The Morgan fingerprint density at radius 3 is 1.59 bits per heavy atom. The molecule has 1 aromatic heterocycles. The highest BCUT2D eigenvalue weighted by atomic mass is 32.1. The number of hydrogen-bond donors (Lipinski definition) is 0. The van der Waals surface area contributed by atoms with E-state index in [1.165, 1.54) is 0 Å². The fraction of sp³-hybridized carbons (Fsp3) is 0.0357. The summed E-state index contributed by atoms with van der Waals surface area (Å²) in [5, 5.41) is 1.64. The van der Waals surface area contributed by atoms with E-state index in [1.54, 1.807) is 47.7 Å². The fourth-order valence-electron chi connectivity index (χ4n) is 3.96. The van der Waals surface area contributed by atoms with Crippen LogP contribution in [-0.4, -0.2) is 11.6 Å². The van der Waals surface area contributed by atoms with Gasteiger partial charge in [-0.2, -0.15) is 0 Å². The molecule has 0 bridgehead atoms. The van der Waals surface area contributed by atoms with Crippen molar-refractivity contribution in [2.75, 3.05) is 0 Å². The number of benzene rings is 4. The predicted molar refractivity (Wildman–Crippen MR) is 130 cm³/mol. The summed E-state index contributed by atoms with van der Waals surface area (Å²) in [6, 6.07) is 27.9. The summed E-state index contributed by atoms with van der Waals surface area (Å²) in [6.07, 6.45) is 0. The molecular formula is C28H18O3S. The molecule has 0 amide bonds. The number of hydrogen-bond acceptors (Lipinski definition) is 4. The van der Waals surface area contributed by atoms with Gasteiger partial charge in [-0.05, 0) is 37.3 Å². The number of aryl methyl sites for hydroxylation is 1. The molecule has 0 saturated carbocycles. The van der Waals surface area contributed by atoms with Crippen LogP contribution in [0.3, 0.4) is 0 Å². The summed E-state index contributed by atoms with van der Waals surface area (Å²) < 4.78 is 2.11. The second-order valence-corrected chi connectivity index (χ2v) is 8.76. The highest BCUT2D eigenvalue weighted by Gasteiger charge is 2.28. The van der Waals surface area contributed by atoms with Crippen LogP contribution in [0.1, 0.15) is 37.4 Å². The Bertz CT molecular complexity index is 1540. The average Bonchev–Trinajstić information content (AvgIpc) is 2.83. The lowest BCUT2D eigenvalue weighted by atomic mass is 9.83. The van der Waals surface area contributed by atoms with E-state index in [4.69, 9.17) is 0 Å². The van der Waals surface area contributed by atoms with E-state index in [-0.39, 0.29) is 17.0 Å². The third-order valence-corrected chi connectivity index (χ3v) is 6.72. The Labute approximate surface area is 188 Å². The summed E-state index contributed by atoms with van der Waals surface area (Å²) in [5.74, 6) is -0.117. The number of carbonyl (C=O) groups is 2. The Hall–Kier alpha value is -3.89. The topological polar surface area (TPSA) is 51.2 Å². The average molecular weight is 435 g/mol. The molecule has 0 aliphatic heterocycles. The van der Waals surface area contributed by atoms with Crippen molar-refractivity contribution in [3.63, 3.8) is 0 Å². The standard InChI is InChI=1S/C15H10O2.C13H8OS/c1-9-6-7-12-13(8-9)15(17)11-5-3-2-4-10(11)14(12)16;14-13-9-5-1-3-7-11(9)15-12-8-4-2-6-10(12)13/h2-8H,1H3;1-8H. The van der Waals surface area contributed by atoms with Crippen molar-refractivity contribution >= 4 is 43.1 Å². The van der Waals surface area contributed by atoms with Gasteiger partial charge < -0.3 is 0 Å². The highest BCUT2D eigenvalue weighted by molar-refractivity contribution is 7.24. The van der Waals surface area contributed by atoms with E-state index in [2.05, 4.69) is 0 Å². The van der Waals surface area contributed by atoms with Crippen LogP contribution in [0.15, 0.2) is 95.8 Å². The van der Waals surface area contributed by atoms with Crippen LogP contribution in [0.5, 0.6) is 0 Å². The third-order valence-electron chi connectivity index (χ3n) is 5.56.